The van der Waals surface area contributed by atoms with Gasteiger partial charge in [-0.2, -0.15) is 0 Å². The molecule has 7 nitrogen and oxygen atoms in total. The lowest BCUT2D eigenvalue weighted by atomic mass is 10.0. The van der Waals surface area contributed by atoms with E-state index in [2.05, 4.69) is 20.3 Å². The summed E-state index contributed by atoms with van der Waals surface area (Å²) in [6.07, 6.45) is 4.36. The van der Waals surface area contributed by atoms with Crippen LogP contribution in [0.15, 0.2) is 71.9 Å². The molecule has 0 unspecified atom stereocenters. The van der Waals surface area contributed by atoms with Crippen LogP contribution in [-0.4, -0.2) is 31.2 Å². The maximum absolute atomic E-state index is 14.5. The smallest absolute Gasteiger partial charge is 0.251 e. The zero-order valence-corrected chi connectivity index (χ0v) is 17.7. The highest BCUT2D eigenvalue weighted by Crippen LogP contribution is 2.25. The Morgan fingerprint density at radius 1 is 1.12 bits per heavy atom. The summed E-state index contributed by atoms with van der Waals surface area (Å²) in [5.41, 5.74) is 1.83. The van der Waals surface area contributed by atoms with Crippen molar-refractivity contribution in [1.82, 2.24) is 19.5 Å². The van der Waals surface area contributed by atoms with Crippen LogP contribution in [0.1, 0.15) is 23.7 Å². The highest BCUT2D eigenvalue weighted by Gasteiger charge is 2.17. The Balaban J connectivity index is 1.68. The standard InChI is InChI=1S/C24H21F2N5O2/c1-15-11-19(5-8-27-15)29-24-28-14-20(26)23(30-24)17-6-9-31(22(33)13-17)21(7-10-32)16-3-2-4-18(25)12-16/h2-6,8-9,11-14,21,32H,7,10H2,1H3,(H,27,28,29,30)/t21-/m1/s1. The Labute approximate surface area is 188 Å². The van der Waals surface area contributed by atoms with Crippen LogP contribution >= 0.6 is 0 Å². The van der Waals surface area contributed by atoms with Crippen molar-refractivity contribution in [2.24, 2.45) is 0 Å². The third kappa shape index (κ3) is 5.09. The number of nitrogens with zero attached hydrogens (tertiary/aromatic N) is 4. The minimum absolute atomic E-state index is 0.0352. The van der Waals surface area contributed by atoms with Crippen molar-refractivity contribution in [3.05, 3.63) is 100 Å². The Hall–Kier alpha value is -3.98. The Bertz CT molecular complexity index is 1340. The summed E-state index contributed by atoms with van der Waals surface area (Å²) in [7, 11) is 0. The number of aliphatic hydroxyl groups excluding tert-OH is 1. The summed E-state index contributed by atoms with van der Waals surface area (Å²) in [4.78, 5) is 25.2. The molecule has 0 aliphatic heterocycles. The van der Waals surface area contributed by atoms with E-state index >= 15 is 0 Å². The number of nitrogens with one attached hydrogen (secondary N) is 1. The normalized spacial score (nSPS) is 11.9. The Kier molecular flexibility index (Phi) is 6.50. The van der Waals surface area contributed by atoms with Crippen LogP contribution in [0.3, 0.4) is 0 Å². The number of hydrogen-bond acceptors (Lipinski definition) is 6. The summed E-state index contributed by atoms with van der Waals surface area (Å²) in [5.74, 6) is -0.952. The molecule has 33 heavy (non-hydrogen) atoms. The van der Waals surface area contributed by atoms with E-state index in [1.165, 1.54) is 29.0 Å². The van der Waals surface area contributed by atoms with Gasteiger partial charge in [-0.25, -0.2) is 18.7 Å². The summed E-state index contributed by atoms with van der Waals surface area (Å²) in [5, 5.41) is 12.5. The first-order valence-corrected chi connectivity index (χ1v) is 10.3. The molecule has 4 rings (SSSR count). The fourth-order valence-corrected chi connectivity index (χ4v) is 3.58. The second kappa shape index (κ2) is 9.66. The number of halogens is 2. The fraction of sp³-hybridized carbons (Fsp3) is 0.167. The number of aryl methyl sites for hydroxylation is 1. The summed E-state index contributed by atoms with van der Waals surface area (Å²) in [6.45, 7) is 1.64. The van der Waals surface area contributed by atoms with E-state index in [9.17, 15) is 18.7 Å². The molecule has 0 amide bonds. The predicted octanol–water partition coefficient (Wildman–Crippen LogP) is 4.00. The van der Waals surface area contributed by atoms with Gasteiger partial charge in [0.2, 0.25) is 5.95 Å². The van der Waals surface area contributed by atoms with Gasteiger partial charge in [0.25, 0.3) is 5.56 Å². The van der Waals surface area contributed by atoms with Crippen LogP contribution in [0.4, 0.5) is 20.4 Å². The number of hydrogen-bond donors (Lipinski definition) is 2. The first kappa shape index (κ1) is 22.2. The predicted molar refractivity (Wildman–Crippen MR) is 120 cm³/mol. The molecule has 0 aliphatic carbocycles. The molecule has 0 radical (unpaired) electrons. The van der Waals surface area contributed by atoms with Crippen LogP contribution in [0.5, 0.6) is 0 Å². The van der Waals surface area contributed by atoms with Crippen LogP contribution in [-0.2, 0) is 0 Å². The Morgan fingerprint density at radius 2 is 1.97 bits per heavy atom. The minimum atomic E-state index is -0.680. The average molecular weight is 449 g/mol. The molecule has 1 atom stereocenters. The SMILES string of the molecule is Cc1cc(Nc2ncc(F)c(-c3ccn([C@H](CCO)c4cccc(F)c4)c(=O)c3)n2)ccn1. The molecule has 0 aliphatic rings. The van der Waals surface area contributed by atoms with Gasteiger partial charge in [0, 0.05) is 42.0 Å². The molecule has 9 heteroatoms. The van der Waals surface area contributed by atoms with Crippen molar-refractivity contribution in [2.75, 3.05) is 11.9 Å². The van der Waals surface area contributed by atoms with E-state index in [0.717, 1.165) is 11.9 Å². The van der Waals surface area contributed by atoms with E-state index in [4.69, 9.17) is 0 Å². The highest BCUT2D eigenvalue weighted by atomic mass is 19.1. The van der Waals surface area contributed by atoms with Gasteiger partial charge < -0.3 is 15.0 Å². The minimum Gasteiger partial charge on any atom is -0.396 e. The number of aromatic nitrogens is 4. The Morgan fingerprint density at radius 3 is 2.70 bits per heavy atom. The summed E-state index contributed by atoms with van der Waals surface area (Å²) in [6, 6.07) is 11.6. The van der Waals surface area contributed by atoms with Gasteiger partial charge in [-0.1, -0.05) is 12.1 Å². The maximum Gasteiger partial charge on any atom is 0.251 e. The van der Waals surface area contributed by atoms with Crippen LogP contribution in [0.2, 0.25) is 0 Å². The maximum atomic E-state index is 14.5. The zero-order valence-electron chi connectivity index (χ0n) is 17.7. The monoisotopic (exact) mass is 449 g/mol. The lowest BCUT2D eigenvalue weighted by Crippen LogP contribution is -2.25. The molecule has 2 N–H and O–H groups in total. The highest BCUT2D eigenvalue weighted by molar-refractivity contribution is 5.62. The van der Waals surface area contributed by atoms with Crippen molar-refractivity contribution >= 4 is 11.6 Å². The van der Waals surface area contributed by atoms with E-state index in [-0.39, 0.29) is 30.2 Å². The molecular weight excluding hydrogens is 428 g/mol. The third-order valence-electron chi connectivity index (χ3n) is 5.09. The van der Waals surface area contributed by atoms with Crippen molar-refractivity contribution < 1.29 is 13.9 Å². The van der Waals surface area contributed by atoms with Crippen LogP contribution in [0, 0.1) is 18.6 Å². The van der Waals surface area contributed by atoms with Crippen molar-refractivity contribution in [3.8, 4) is 11.3 Å². The largest absolute Gasteiger partial charge is 0.396 e. The summed E-state index contributed by atoms with van der Waals surface area (Å²) >= 11 is 0. The van der Waals surface area contributed by atoms with Gasteiger partial charge in [0.15, 0.2) is 5.82 Å². The van der Waals surface area contributed by atoms with E-state index in [0.29, 0.717) is 11.3 Å². The molecule has 0 saturated carbocycles. The second-order valence-corrected chi connectivity index (χ2v) is 7.45. The van der Waals surface area contributed by atoms with Gasteiger partial charge in [-0.05, 0) is 49.2 Å². The second-order valence-electron chi connectivity index (χ2n) is 7.45. The molecule has 3 aromatic heterocycles. The average Bonchev–Trinajstić information content (AvgIpc) is 2.79. The van der Waals surface area contributed by atoms with Crippen LogP contribution in [0.25, 0.3) is 11.3 Å². The van der Waals surface area contributed by atoms with Crippen molar-refractivity contribution in [1.29, 1.82) is 0 Å². The number of pyridine rings is 2. The van der Waals surface area contributed by atoms with Crippen LogP contribution < -0.4 is 10.9 Å². The quantitative estimate of drug-likeness (QED) is 0.443. The lowest BCUT2D eigenvalue weighted by Gasteiger charge is -2.20. The molecule has 4 aromatic rings. The topological polar surface area (TPSA) is 92.9 Å². The van der Waals surface area contributed by atoms with Gasteiger partial charge in [-0.3, -0.25) is 9.78 Å². The molecular formula is C24H21F2N5O2. The van der Waals surface area contributed by atoms with E-state index < -0.39 is 23.2 Å². The molecule has 3 heterocycles. The van der Waals surface area contributed by atoms with Crippen molar-refractivity contribution in [3.63, 3.8) is 0 Å². The molecule has 168 valence electrons. The van der Waals surface area contributed by atoms with E-state index in [1.54, 1.807) is 36.5 Å². The number of rotatable bonds is 7. The van der Waals surface area contributed by atoms with Gasteiger partial charge in [0.1, 0.15) is 11.5 Å². The number of aliphatic hydroxyl groups is 1. The number of anilines is 2. The van der Waals surface area contributed by atoms with Gasteiger partial charge in [-0.15, -0.1) is 0 Å². The third-order valence-corrected chi connectivity index (χ3v) is 5.09. The van der Waals surface area contributed by atoms with Gasteiger partial charge in [0.05, 0.1) is 12.2 Å². The van der Waals surface area contributed by atoms with Gasteiger partial charge >= 0.3 is 0 Å². The fourth-order valence-electron chi connectivity index (χ4n) is 3.58. The summed E-state index contributed by atoms with van der Waals surface area (Å²) < 4.78 is 29.6. The molecule has 0 spiro atoms. The molecule has 0 fully saturated rings. The number of benzene rings is 1. The lowest BCUT2D eigenvalue weighted by molar-refractivity contribution is 0.266. The molecule has 1 aromatic carbocycles. The first-order chi connectivity index (χ1) is 15.9. The molecule has 0 bridgehead atoms. The first-order valence-electron chi connectivity index (χ1n) is 10.3. The van der Waals surface area contributed by atoms with Crippen molar-refractivity contribution in [2.45, 2.75) is 19.4 Å². The molecule has 0 saturated heterocycles. The van der Waals surface area contributed by atoms with E-state index in [1.807, 2.05) is 6.92 Å². The zero-order chi connectivity index (χ0) is 23.4.